The Labute approximate surface area is 124 Å². The Kier molecular flexibility index (Phi) is 3.67. The highest BCUT2D eigenvalue weighted by Crippen LogP contribution is 2.28. The standard InChI is InChI=1S/C15H10FN3OS/c16-11-5-3-10(4-6-11)9-18-14-12(8-17)19-15(20-14)13-2-1-7-21-13/h1-7,18H,9H2. The lowest BCUT2D eigenvalue weighted by atomic mass is 10.2. The van der Waals surface area contributed by atoms with Gasteiger partial charge < -0.3 is 9.73 Å². The Morgan fingerprint density at radius 2 is 2.10 bits per heavy atom. The number of hydrogen-bond donors (Lipinski definition) is 1. The smallest absolute Gasteiger partial charge is 0.240 e. The van der Waals surface area contributed by atoms with Crippen molar-refractivity contribution in [1.82, 2.24) is 4.98 Å². The lowest BCUT2D eigenvalue weighted by Gasteiger charge is -2.02. The lowest BCUT2D eigenvalue weighted by Crippen LogP contribution is -1.99. The molecule has 0 radical (unpaired) electrons. The van der Waals surface area contributed by atoms with E-state index in [9.17, 15) is 4.39 Å². The van der Waals surface area contributed by atoms with E-state index in [2.05, 4.69) is 10.3 Å². The molecule has 3 aromatic rings. The van der Waals surface area contributed by atoms with Crippen molar-refractivity contribution in [3.05, 3.63) is 58.9 Å². The van der Waals surface area contributed by atoms with Gasteiger partial charge in [-0.1, -0.05) is 18.2 Å². The second-order valence-corrected chi connectivity index (χ2v) is 5.21. The van der Waals surface area contributed by atoms with Gasteiger partial charge in [0.05, 0.1) is 4.88 Å². The molecule has 0 spiro atoms. The minimum Gasteiger partial charge on any atom is -0.418 e. The zero-order chi connectivity index (χ0) is 14.7. The van der Waals surface area contributed by atoms with Crippen LogP contribution in [0.15, 0.2) is 46.2 Å². The van der Waals surface area contributed by atoms with Crippen LogP contribution in [0.2, 0.25) is 0 Å². The van der Waals surface area contributed by atoms with Crippen LogP contribution in [-0.2, 0) is 6.54 Å². The molecule has 2 heterocycles. The van der Waals surface area contributed by atoms with Gasteiger partial charge in [-0.15, -0.1) is 11.3 Å². The monoisotopic (exact) mass is 299 g/mol. The fraction of sp³-hybridized carbons (Fsp3) is 0.0667. The summed E-state index contributed by atoms with van der Waals surface area (Å²) in [5.41, 5.74) is 1.09. The molecule has 0 unspecified atom stereocenters. The van der Waals surface area contributed by atoms with Gasteiger partial charge in [0.2, 0.25) is 17.5 Å². The number of hydrogen-bond acceptors (Lipinski definition) is 5. The van der Waals surface area contributed by atoms with Crippen LogP contribution in [-0.4, -0.2) is 4.98 Å². The van der Waals surface area contributed by atoms with E-state index in [1.165, 1.54) is 23.5 Å². The summed E-state index contributed by atoms with van der Waals surface area (Å²) in [7, 11) is 0. The molecule has 104 valence electrons. The highest BCUT2D eigenvalue weighted by Gasteiger charge is 2.14. The second kappa shape index (κ2) is 5.77. The number of thiophene rings is 1. The zero-order valence-electron chi connectivity index (χ0n) is 10.8. The van der Waals surface area contributed by atoms with Gasteiger partial charge in [-0.25, -0.2) is 4.39 Å². The zero-order valence-corrected chi connectivity index (χ0v) is 11.7. The summed E-state index contributed by atoms with van der Waals surface area (Å²) in [6.07, 6.45) is 0. The molecule has 0 bridgehead atoms. The average Bonchev–Trinajstić information content (AvgIpc) is 3.15. The maximum absolute atomic E-state index is 12.8. The van der Waals surface area contributed by atoms with Crippen molar-refractivity contribution < 1.29 is 8.81 Å². The van der Waals surface area contributed by atoms with Gasteiger partial charge in [0, 0.05) is 6.54 Å². The normalized spacial score (nSPS) is 10.3. The summed E-state index contributed by atoms with van der Waals surface area (Å²) >= 11 is 1.49. The third kappa shape index (κ3) is 2.93. The molecule has 0 fully saturated rings. The number of nitrogens with one attached hydrogen (secondary N) is 1. The molecule has 4 nitrogen and oxygen atoms in total. The molecule has 1 aromatic carbocycles. The molecule has 1 N–H and O–H groups in total. The Morgan fingerprint density at radius 3 is 2.76 bits per heavy atom. The van der Waals surface area contributed by atoms with E-state index in [1.54, 1.807) is 12.1 Å². The molecule has 0 amide bonds. The van der Waals surface area contributed by atoms with Crippen molar-refractivity contribution in [1.29, 1.82) is 5.26 Å². The highest BCUT2D eigenvalue weighted by atomic mass is 32.1. The Hall–Kier alpha value is -2.65. The molecule has 0 aliphatic carbocycles. The first kappa shape index (κ1) is 13.3. The summed E-state index contributed by atoms with van der Waals surface area (Å²) in [5, 5.41) is 14.0. The summed E-state index contributed by atoms with van der Waals surface area (Å²) < 4.78 is 18.4. The summed E-state index contributed by atoms with van der Waals surface area (Å²) in [6.45, 7) is 0.425. The minimum atomic E-state index is -0.281. The van der Waals surface area contributed by atoms with Crippen LogP contribution < -0.4 is 5.32 Å². The Morgan fingerprint density at radius 1 is 1.29 bits per heavy atom. The van der Waals surface area contributed by atoms with Gasteiger partial charge in [0.25, 0.3) is 0 Å². The van der Waals surface area contributed by atoms with Crippen molar-refractivity contribution in [2.45, 2.75) is 6.54 Å². The Balaban J connectivity index is 1.79. The first-order valence-corrected chi connectivity index (χ1v) is 7.07. The van der Waals surface area contributed by atoms with E-state index < -0.39 is 0 Å². The van der Waals surface area contributed by atoms with Crippen LogP contribution >= 0.6 is 11.3 Å². The molecule has 3 rings (SSSR count). The number of halogens is 1. The van der Waals surface area contributed by atoms with Crippen LogP contribution in [0.25, 0.3) is 10.8 Å². The van der Waals surface area contributed by atoms with Crippen molar-refractivity contribution in [2.75, 3.05) is 5.32 Å². The first-order valence-electron chi connectivity index (χ1n) is 6.19. The number of rotatable bonds is 4. The largest absolute Gasteiger partial charge is 0.418 e. The van der Waals surface area contributed by atoms with Gasteiger partial charge in [-0.2, -0.15) is 10.2 Å². The predicted octanol–water partition coefficient (Wildman–Crippen LogP) is 4.03. The number of benzene rings is 1. The van der Waals surface area contributed by atoms with E-state index in [0.29, 0.717) is 18.3 Å². The van der Waals surface area contributed by atoms with Crippen LogP contribution in [0, 0.1) is 17.1 Å². The highest BCUT2D eigenvalue weighted by molar-refractivity contribution is 7.13. The van der Waals surface area contributed by atoms with Gasteiger partial charge in [-0.05, 0) is 29.1 Å². The predicted molar refractivity (Wildman–Crippen MR) is 78.3 cm³/mol. The molecular formula is C15H10FN3OS. The molecule has 0 saturated heterocycles. The SMILES string of the molecule is N#Cc1nc(-c2cccs2)oc1NCc1ccc(F)cc1. The van der Waals surface area contributed by atoms with Crippen LogP contribution in [0.1, 0.15) is 11.3 Å². The fourth-order valence-electron chi connectivity index (χ4n) is 1.81. The van der Waals surface area contributed by atoms with Crippen LogP contribution in [0.3, 0.4) is 0 Å². The van der Waals surface area contributed by atoms with E-state index in [1.807, 2.05) is 23.6 Å². The third-order valence-corrected chi connectivity index (χ3v) is 3.69. The van der Waals surface area contributed by atoms with Crippen LogP contribution in [0.4, 0.5) is 10.3 Å². The summed E-state index contributed by atoms with van der Waals surface area (Å²) in [6, 6.07) is 11.9. The van der Waals surface area contributed by atoms with Crippen LogP contribution in [0.5, 0.6) is 0 Å². The van der Waals surface area contributed by atoms with Gasteiger partial charge >= 0.3 is 0 Å². The first-order chi connectivity index (χ1) is 10.3. The van der Waals surface area contributed by atoms with Gasteiger partial charge in [-0.3, -0.25) is 0 Å². The van der Waals surface area contributed by atoms with Crippen molar-refractivity contribution >= 4 is 17.2 Å². The number of anilines is 1. The van der Waals surface area contributed by atoms with Crippen molar-refractivity contribution in [2.24, 2.45) is 0 Å². The number of aromatic nitrogens is 1. The molecular weight excluding hydrogens is 289 g/mol. The third-order valence-electron chi connectivity index (χ3n) is 2.83. The maximum Gasteiger partial charge on any atom is 0.240 e. The topological polar surface area (TPSA) is 61.9 Å². The maximum atomic E-state index is 12.8. The Bertz CT molecular complexity index is 772. The lowest BCUT2D eigenvalue weighted by molar-refractivity contribution is 0.586. The fourth-order valence-corrected chi connectivity index (χ4v) is 2.45. The number of nitriles is 1. The van der Waals surface area contributed by atoms with Gasteiger partial charge in [0.15, 0.2) is 0 Å². The van der Waals surface area contributed by atoms with Crippen molar-refractivity contribution in [3.63, 3.8) is 0 Å². The molecule has 0 atom stereocenters. The van der Waals surface area contributed by atoms with Gasteiger partial charge in [0.1, 0.15) is 11.9 Å². The molecule has 0 aliphatic heterocycles. The molecule has 6 heteroatoms. The van der Waals surface area contributed by atoms with E-state index in [0.717, 1.165) is 10.4 Å². The average molecular weight is 299 g/mol. The summed E-state index contributed by atoms with van der Waals surface area (Å²) in [5.74, 6) is 0.462. The van der Waals surface area contributed by atoms with E-state index >= 15 is 0 Å². The minimum absolute atomic E-state index is 0.209. The van der Waals surface area contributed by atoms with E-state index in [4.69, 9.17) is 9.68 Å². The molecule has 0 aliphatic rings. The second-order valence-electron chi connectivity index (χ2n) is 4.27. The number of oxazole rings is 1. The molecule has 0 saturated carbocycles. The summed E-state index contributed by atoms with van der Waals surface area (Å²) in [4.78, 5) is 5.02. The van der Waals surface area contributed by atoms with E-state index in [-0.39, 0.29) is 11.5 Å². The molecule has 2 aromatic heterocycles. The van der Waals surface area contributed by atoms with Crippen molar-refractivity contribution in [3.8, 4) is 16.8 Å². The quantitative estimate of drug-likeness (QED) is 0.790. The molecule has 21 heavy (non-hydrogen) atoms. The number of nitrogens with zero attached hydrogens (tertiary/aromatic N) is 2.